The summed E-state index contributed by atoms with van der Waals surface area (Å²) in [5.41, 5.74) is 1.78. The Kier molecular flexibility index (Phi) is 4.38. The maximum atomic E-state index is 12.4. The fourth-order valence-corrected chi connectivity index (χ4v) is 2.56. The van der Waals surface area contributed by atoms with E-state index in [9.17, 15) is 14.4 Å². The lowest BCUT2D eigenvalue weighted by Crippen LogP contribution is -2.18. The Morgan fingerprint density at radius 3 is 2.92 bits per heavy atom. The van der Waals surface area contributed by atoms with Crippen molar-refractivity contribution in [1.29, 1.82) is 0 Å². The van der Waals surface area contributed by atoms with Gasteiger partial charge in [0.25, 0.3) is 5.91 Å². The van der Waals surface area contributed by atoms with Crippen molar-refractivity contribution >= 4 is 35.0 Å². The van der Waals surface area contributed by atoms with Crippen LogP contribution in [0.3, 0.4) is 0 Å². The van der Waals surface area contributed by atoms with Crippen LogP contribution >= 0.6 is 0 Å². The molecule has 9 heteroatoms. The first-order chi connectivity index (χ1) is 11.9. The molecule has 2 amide bonds. The van der Waals surface area contributed by atoms with Gasteiger partial charge in [-0.2, -0.15) is 5.10 Å². The second kappa shape index (κ2) is 6.63. The molecule has 0 spiro atoms. The van der Waals surface area contributed by atoms with Gasteiger partial charge in [-0.1, -0.05) is 0 Å². The van der Waals surface area contributed by atoms with Crippen molar-refractivity contribution in [2.75, 3.05) is 29.1 Å². The molecular formula is C16H17N5O4. The molecule has 25 heavy (non-hydrogen) atoms. The number of aliphatic carboxylic acids is 1. The van der Waals surface area contributed by atoms with E-state index in [1.165, 1.54) is 16.9 Å². The van der Waals surface area contributed by atoms with E-state index in [0.29, 0.717) is 24.2 Å². The second-order valence-corrected chi connectivity index (χ2v) is 5.70. The first kappa shape index (κ1) is 16.5. The zero-order valence-corrected chi connectivity index (χ0v) is 13.5. The molecule has 0 saturated heterocycles. The number of rotatable bonds is 4. The molecule has 0 unspecified atom stereocenters. The number of nitrogens with one attached hydrogen (secondary N) is 2. The van der Waals surface area contributed by atoms with Gasteiger partial charge in [0.2, 0.25) is 5.91 Å². The lowest BCUT2D eigenvalue weighted by molar-refractivity contribution is -0.137. The molecule has 0 fully saturated rings. The van der Waals surface area contributed by atoms with Gasteiger partial charge in [0, 0.05) is 37.8 Å². The van der Waals surface area contributed by atoms with E-state index in [0.717, 1.165) is 5.69 Å². The van der Waals surface area contributed by atoms with Crippen LogP contribution in [0.5, 0.6) is 0 Å². The van der Waals surface area contributed by atoms with Gasteiger partial charge < -0.3 is 20.6 Å². The summed E-state index contributed by atoms with van der Waals surface area (Å²) in [4.78, 5) is 36.7. The van der Waals surface area contributed by atoms with Crippen LogP contribution in [0.15, 0.2) is 30.5 Å². The third-order valence-electron chi connectivity index (χ3n) is 3.80. The van der Waals surface area contributed by atoms with Crippen molar-refractivity contribution in [2.24, 2.45) is 0 Å². The van der Waals surface area contributed by atoms with E-state index in [-0.39, 0.29) is 18.3 Å². The Morgan fingerprint density at radius 1 is 1.36 bits per heavy atom. The average Bonchev–Trinajstić information content (AvgIpc) is 2.92. The van der Waals surface area contributed by atoms with Gasteiger partial charge in [0.1, 0.15) is 6.54 Å². The molecule has 0 atom stereocenters. The van der Waals surface area contributed by atoms with E-state index < -0.39 is 11.9 Å². The predicted molar refractivity (Wildman–Crippen MR) is 90.8 cm³/mol. The highest BCUT2D eigenvalue weighted by molar-refractivity contribution is 6.06. The van der Waals surface area contributed by atoms with Gasteiger partial charge in [0.05, 0.1) is 11.4 Å². The van der Waals surface area contributed by atoms with E-state index in [2.05, 4.69) is 15.7 Å². The van der Waals surface area contributed by atoms with Crippen molar-refractivity contribution < 1.29 is 19.5 Å². The van der Waals surface area contributed by atoms with E-state index >= 15 is 0 Å². The smallest absolute Gasteiger partial charge is 0.325 e. The molecule has 1 aromatic carbocycles. The summed E-state index contributed by atoms with van der Waals surface area (Å²) in [5, 5.41) is 18.1. The SMILES string of the molecule is CN1CCC(=O)Nc2cc(C(=O)Nc3ccn(CC(=O)O)n3)ccc21. The van der Waals surface area contributed by atoms with Crippen LogP contribution in [-0.4, -0.2) is 46.3 Å². The quantitative estimate of drug-likeness (QED) is 0.762. The first-order valence-electron chi connectivity index (χ1n) is 7.64. The summed E-state index contributed by atoms with van der Waals surface area (Å²) < 4.78 is 1.21. The van der Waals surface area contributed by atoms with E-state index in [1.54, 1.807) is 18.2 Å². The number of carbonyl (C=O) groups excluding carboxylic acids is 2. The number of benzene rings is 1. The molecule has 3 N–H and O–H groups in total. The van der Waals surface area contributed by atoms with Crippen LogP contribution in [0, 0.1) is 0 Å². The maximum Gasteiger partial charge on any atom is 0.325 e. The lowest BCUT2D eigenvalue weighted by Gasteiger charge is -2.18. The molecule has 2 heterocycles. The summed E-state index contributed by atoms with van der Waals surface area (Å²) in [6, 6.07) is 6.56. The molecule has 9 nitrogen and oxygen atoms in total. The molecular weight excluding hydrogens is 326 g/mol. The van der Waals surface area contributed by atoms with Gasteiger partial charge >= 0.3 is 5.97 Å². The third kappa shape index (κ3) is 3.77. The molecule has 0 bridgehead atoms. The molecule has 130 valence electrons. The molecule has 3 rings (SSSR count). The molecule has 2 aromatic rings. The van der Waals surface area contributed by atoms with Crippen molar-refractivity contribution in [1.82, 2.24) is 9.78 Å². The van der Waals surface area contributed by atoms with Crippen molar-refractivity contribution in [3.8, 4) is 0 Å². The summed E-state index contributed by atoms with van der Waals surface area (Å²) in [7, 11) is 1.88. The number of hydrogen-bond acceptors (Lipinski definition) is 5. The number of amides is 2. The molecule has 1 aromatic heterocycles. The van der Waals surface area contributed by atoms with Crippen LogP contribution in [0.4, 0.5) is 17.2 Å². The van der Waals surface area contributed by atoms with Crippen LogP contribution in [0.1, 0.15) is 16.8 Å². The van der Waals surface area contributed by atoms with E-state index in [4.69, 9.17) is 5.11 Å². The van der Waals surface area contributed by atoms with Crippen LogP contribution < -0.4 is 15.5 Å². The number of carboxylic acid groups (broad SMARTS) is 1. The van der Waals surface area contributed by atoms with Gasteiger partial charge in [0.15, 0.2) is 5.82 Å². The largest absolute Gasteiger partial charge is 0.480 e. The molecule has 0 saturated carbocycles. The topological polar surface area (TPSA) is 117 Å². The number of fused-ring (bicyclic) bond motifs is 1. The molecule has 1 aliphatic rings. The number of carboxylic acids is 1. The lowest BCUT2D eigenvalue weighted by atomic mass is 10.1. The Balaban J connectivity index is 1.77. The molecule has 1 aliphatic heterocycles. The van der Waals surface area contributed by atoms with Gasteiger partial charge in [-0.3, -0.25) is 19.1 Å². The Bertz CT molecular complexity index is 845. The highest BCUT2D eigenvalue weighted by atomic mass is 16.4. The number of carbonyl (C=O) groups is 3. The molecule has 0 aliphatic carbocycles. The minimum Gasteiger partial charge on any atom is -0.480 e. The van der Waals surface area contributed by atoms with Gasteiger partial charge in [-0.25, -0.2) is 0 Å². The Labute approximate surface area is 143 Å². The monoisotopic (exact) mass is 343 g/mol. The minimum atomic E-state index is -1.02. The minimum absolute atomic E-state index is 0.101. The number of nitrogens with zero attached hydrogens (tertiary/aromatic N) is 3. The van der Waals surface area contributed by atoms with Crippen molar-refractivity contribution in [2.45, 2.75) is 13.0 Å². The number of hydrogen-bond donors (Lipinski definition) is 3. The third-order valence-corrected chi connectivity index (χ3v) is 3.80. The van der Waals surface area contributed by atoms with Crippen molar-refractivity contribution in [3.05, 3.63) is 36.0 Å². The highest BCUT2D eigenvalue weighted by Gasteiger charge is 2.18. The second-order valence-electron chi connectivity index (χ2n) is 5.70. The van der Waals surface area contributed by atoms with Crippen LogP contribution in [-0.2, 0) is 16.1 Å². The molecule has 0 radical (unpaired) electrons. The average molecular weight is 343 g/mol. The summed E-state index contributed by atoms with van der Waals surface area (Å²) >= 11 is 0. The van der Waals surface area contributed by atoms with Gasteiger partial charge in [-0.15, -0.1) is 0 Å². The normalized spacial score (nSPS) is 13.6. The highest BCUT2D eigenvalue weighted by Crippen LogP contribution is 2.29. The first-order valence-corrected chi connectivity index (χ1v) is 7.64. The van der Waals surface area contributed by atoms with Crippen molar-refractivity contribution in [3.63, 3.8) is 0 Å². The van der Waals surface area contributed by atoms with Gasteiger partial charge in [-0.05, 0) is 18.2 Å². The Morgan fingerprint density at radius 2 is 2.16 bits per heavy atom. The summed E-state index contributed by atoms with van der Waals surface area (Å²) in [5.74, 6) is -1.27. The number of anilines is 3. The Hall–Kier alpha value is -3.36. The fraction of sp³-hybridized carbons (Fsp3) is 0.250. The zero-order valence-electron chi connectivity index (χ0n) is 13.5. The fourth-order valence-electron chi connectivity index (χ4n) is 2.56. The predicted octanol–water partition coefficient (Wildman–Crippen LogP) is 0.998. The zero-order chi connectivity index (χ0) is 18.0. The standard InChI is InChI=1S/C16H17N5O4/c1-20-6-5-14(22)17-11-8-10(2-3-12(11)20)16(25)18-13-4-7-21(19-13)9-15(23)24/h2-4,7-8H,5-6,9H2,1H3,(H,17,22)(H,23,24)(H,18,19,25). The summed E-state index contributed by atoms with van der Waals surface area (Å²) in [6.07, 6.45) is 1.85. The number of aromatic nitrogens is 2. The maximum absolute atomic E-state index is 12.4. The van der Waals surface area contributed by atoms with E-state index in [1.807, 2.05) is 11.9 Å². The van der Waals surface area contributed by atoms with Crippen LogP contribution in [0.25, 0.3) is 0 Å². The summed E-state index contributed by atoms with van der Waals surface area (Å²) in [6.45, 7) is 0.318. The van der Waals surface area contributed by atoms with Crippen LogP contribution in [0.2, 0.25) is 0 Å².